The zero-order valence-corrected chi connectivity index (χ0v) is 19.2. The zero-order chi connectivity index (χ0) is 24.2. The Morgan fingerprint density at radius 1 is 1.09 bits per heavy atom. The number of nitrogens with zero attached hydrogens (tertiary/aromatic N) is 2. The van der Waals surface area contributed by atoms with Gasteiger partial charge in [0, 0.05) is 25.3 Å². The maximum Gasteiger partial charge on any atom is 0.262 e. The van der Waals surface area contributed by atoms with Crippen molar-refractivity contribution in [3.8, 4) is 6.07 Å². The van der Waals surface area contributed by atoms with Gasteiger partial charge in [-0.05, 0) is 66.8 Å². The van der Waals surface area contributed by atoms with Crippen LogP contribution in [0.2, 0.25) is 0 Å². The van der Waals surface area contributed by atoms with Crippen molar-refractivity contribution in [2.75, 3.05) is 24.5 Å². The van der Waals surface area contributed by atoms with E-state index in [0.717, 1.165) is 29.4 Å². The summed E-state index contributed by atoms with van der Waals surface area (Å²) in [5.41, 5.74) is 1.86. The number of aliphatic hydroxyl groups is 3. The molecule has 5 atom stereocenters. The third-order valence-corrected chi connectivity index (χ3v) is 6.66. The number of fused-ring (bicyclic) bond motifs is 1. The number of aliphatic hydroxyl groups excluding tert-OH is 3. The highest BCUT2D eigenvalue weighted by Crippen LogP contribution is 2.26. The Balaban J connectivity index is 1.44. The number of hydrogen-bond donors (Lipinski definition) is 4. The van der Waals surface area contributed by atoms with Crippen LogP contribution in [0.4, 0.5) is 5.69 Å². The largest absolute Gasteiger partial charge is 0.388 e. The van der Waals surface area contributed by atoms with Gasteiger partial charge in [0.25, 0.3) is 5.91 Å². The quantitative estimate of drug-likeness (QED) is 0.391. The Morgan fingerprint density at radius 2 is 1.79 bits per heavy atom. The van der Waals surface area contributed by atoms with Crippen LogP contribution in [0.5, 0.6) is 0 Å². The Kier molecular flexibility index (Phi) is 7.49. The fourth-order valence-electron chi connectivity index (χ4n) is 4.60. The Morgan fingerprint density at radius 3 is 2.53 bits per heavy atom. The van der Waals surface area contributed by atoms with Crippen LogP contribution in [0.3, 0.4) is 0 Å². The SMILES string of the molecule is CC1O[C@H](CNC(=O)/C(C#N)=C/c2ccc3cc(N4CCCCC4)ccc3c2)[C@@H](O)[C@H](O)[C@H]1O. The molecule has 8 heteroatoms. The zero-order valence-electron chi connectivity index (χ0n) is 19.2. The number of piperidine rings is 1. The maximum absolute atomic E-state index is 12.6. The molecule has 4 N–H and O–H groups in total. The predicted octanol–water partition coefficient (Wildman–Crippen LogP) is 1.72. The third kappa shape index (κ3) is 5.24. The van der Waals surface area contributed by atoms with E-state index in [1.165, 1.54) is 31.0 Å². The molecule has 0 saturated carbocycles. The van der Waals surface area contributed by atoms with E-state index in [0.29, 0.717) is 0 Å². The molecule has 0 aliphatic carbocycles. The van der Waals surface area contributed by atoms with Crippen molar-refractivity contribution in [1.82, 2.24) is 5.32 Å². The highest BCUT2D eigenvalue weighted by molar-refractivity contribution is 6.02. The topological polar surface area (TPSA) is 126 Å². The Hall–Kier alpha value is -2.96. The number of nitriles is 1. The summed E-state index contributed by atoms with van der Waals surface area (Å²) in [6.45, 7) is 3.62. The van der Waals surface area contributed by atoms with Crippen LogP contribution in [0.25, 0.3) is 16.8 Å². The minimum absolute atomic E-state index is 0.0804. The van der Waals surface area contributed by atoms with Crippen LogP contribution >= 0.6 is 0 Å². The molecule has 34 heavy (non-hydrogen) atoms. The number of nitrogens with one attached hydrogen (secondary N) is 1. The fourth-order valence-corrected chi connectivity index (χ4v) is 4.60. The lowest BCUT2D eigenvalue weighted by molar-refractivity contribution is -0.215. The van der Waals surface area contributed by atoms with Gasteiger partial charge in [0.15, 0.2) is 0 Å². The lowest BCUT2D eigenvalue weighted by atomic mass is 9.95. The normalized spacial score (nSPS) is 27.9. The summed E-state index contributed by atoms with van der Waals surface area (Å²) >= 11 is 0. The van der Waals surface area contributed by atoms with Crippen molar-refractivity contribution >= 4 is 28.4 Å². The summed E-state index contributed by atoms with van der Waals surface area (Å²) in [5.74, 6) is -0.605. The minimum Gasteiger partial charge on any atom is -0.388 e. The molecule has 2 aliphatic heterocycles. The molecular formula is C26H31N3O5. The summed E-state index contributed by atoms with van der Waals surface area (Å²) in [7, 11) is 0. The number of hydrogen-bond acceptors (Lipinski definition) is 7. The number of benzene rings is 2. The van der Waals surface area contributed by atoms with Gasteiger partial charge in [0.05, 0.1) is 6.10 Å². The van der Waals surface area contributed by atoms with Crippen LogP contribution in [0.1, 0.15) is 31.7 Å². The lowest BCUT2D eigenvalue weighted by Crippen LogP contribution is -2.59. The van der Waals surface area contributed by atoms with Gasteiger partial charge >= 0.3 is 0 Å². The molecule has 2 aromatic carbocycles. The first-order chi connectivity index (χ1) is 16.4. The molecule has 2 heterocycles. The second-order valence-electron chi connectivity index (χ2n) is 9.07. The van der Waals surface area contributed by atoms with Crippen LogP contribution in [-0.4, -0.2) is 71.4 Å². The summed E-state index contributed by atoms with van der Waals surface area (Å²) in [5, 5.41) is 44.0. The molecule has 2 aliphatic rings. The van der Waals surface area contributed by atoms with Crippen LogP contribution < -0.4 is 10.2 Å². The molecule has 180 valence electrons. The van der Waals surface area contributed by atoms with Crippen molar-refractivity contribution in [2.45, 2.75) is 56.7 Å². The van der Waals surface area contributed by atoms with Crippen molar-refractivity contribution in [1.29, 1.82) is 5.26 Å². The van der Waals surface area contributed by atoms with Crippen LogP contribution in [0, 0.1) is 11.3 Å². The van der Waals surface area contributed by atoms with Crippen molar-refractivity contribution in [3.05, 3.63) is 47.5 Å². The number of rotatable bonds is 5. The summed E-state index contributed by atoms with van der Waals surface area (Å²) in [4.78, 5) is 15.0. The number of amides is 1. The first-order valence-electron chi connectivity index (χ1n) is 11.8. The second-order valence-corrected chi connectivity index (χ2v) is 9.07. The standard InChI is InChI=1S/C26H31N3O5/c1-16-23(30)25(32)24(31)22(34-16)15-28-26(33)20(14-27)12-17-5-6-19-13-21(8-7-18(19)11-17)29-9-3-2-4-10-29/h5-8,11-13,16,22-25,30-32H,2-4,9-10,15H2,1H3,(H,28,33)/b20-12+/t16?,22-,23+,24-,25-/m1/s1. The number of anilines is 1. The molecule has 1 unspecified atom stereocenters. The van der Waals surface area contributed by atoms with Crippen LogP contribution in [0.15, 0.2) is 42.0 Å². The number of ether oxygens (including phenoxy) is 1. The smallest absolute Gasteiger partial charge is 0.262 e. The first-order valence-corrected chi connectivity index (χ1v) is 11.8. The maximum atomic E-state index is 12.6. The molecule has 0 aromatic heterocycles. The molecule has 2 saturated heterocycles. The molecule has 0 bridgehead atoms. The fraction of sp³-hybridized carbons (Fsp3) is 0.462. The average Bonchev–Trinajstić information content (AvgIpc) is 2.87. The van der Waals surface area contributed by atoms with Crippen molar-refractivity contribution in [3.63, 3.8) is 0 Å². The van der Waals surface area contributed by atoms with Gasteiger partial charge in [-0.3, -0.25) is 4.79 Å². The van der Waals surface area contributed by atoms with Crippen molar-refractivity contribution < 1.29 is 24.9 Å². The van der Waals surface area contributed by atoms with E-state index in [9.17, 15) is 25.4 Å². The van der Waals surface area contributed by atoms with Gasteiger partial charge in [-0.25, -0.2) is 0 Å². The van der Waals surface area contributed by atoms with E-state index < -0.39 is 36.4 Å². The third-order valence-electron chi connectivity index (χ3n) is 6.66. The Labute approximate surface area is 199 Å². The van der Waals surface area contributed by atoms with Gasteiger partial charge in [0.2, 0.25) is 0 Å². The second kappa shape index (κ2) is 10.5. The molecule has 2 aromatic rings. The molecule has 8 nitrogen and oxygen atoms in total. The van der Waals surface area contributed by atoms with Gasteiger partial charge in [-0.15, -0.1) is 0 Å². The van der Waals surface area contributed by atoms with E-state index >= 15 is 0 Å². The van der Waals surface area contributed by atoms with Gasteiger partial charge in [0.1, 0.15) is 36.1 Å². The molecular weight excluding hydrogens is 434 g/mol. The minimum atomic E-state index is -1.37. The highest BCUT2D eigenvalue weighted by Gasteiger charge is 2.41. The van der Waals surface area contributed by atoms with E-state index in [1.54, 1.807) is 6.92 Å². The van der Waals surface area contributed by atoms with E-state index in [2.05, 4.69) is 28.4 Å². The summed E-state index contributed by atoms with van der Waals surface area (Å²) in [6, 6.07) is 14.1. The summed E-state index contributed by atoms with van der Waals surface area (Å²) < 4.78 is 5.48. The molecule has 0 spiro atoms. The van der Waals surface area contributed by atoms with Gasteiger partial charge in [-0.2, -0.15) is 5.26 Å². The van der Waals surface area contributed by atoms with E-state index in [4.69, 9.17) is 4.74 Å². The van der Waals surface area contributed by atoms with E-state index in [1.807, 2.05) is 24.3 Å². The van der Waals surface area contributed by atoms with E-state index in [-0.39, 0.29) is 12.1 Å². The average molecular weight is 466 g/mol. The summed E-state index contributed by atoms with van der Waals surface area (Å²) in [6.07, 6.45) is -0.282. The first kappa shape index (κ1) is 24.2. The monoisotopic (exact) mass is 465 g/mol. The predicted molar refractivity (Wildman–Crippen MR) is 129 cm³/mol. The van der Waals surface area contributed by atoms with Crippen LogP contribution in [-0.2, 0) is 9.53 Å². The number of carbonyl (C=O) groups is 1. The molecule has 2 fully saturated rings. The number of carbonyl (C=O) groups excluding carboxylic acids is 1. The highest BCUT2D eigenvalue weighted by atomic mass is 16.5. The molecule has 0 radical (unpaired) electrons. The Bertz CT molecular complexity index is 1110. The van der Waals surface area contributed by atoms with Crippen molar-refractivity contribution in [2.24, 2.45) is 0 Å². The lowest BCUT2D eigenvalue weighted by Gasteiger charge is -2.39. The van der Waals surface area contributed by atoms with Gasteiger partial charge in [-0.1, -0.05) is 18.2 Å². The molecule has 4 rings (SSSR count). The molecule has 1 amide bonds. The van der Waals surface area contributed by atoms with Gasteiger partial charge < -0.3 is 30.3 Å².